The maximum atomic E-state index is 13.1. The van der Waals surface area contributed by atoms with Gasteiger partial charge in [-0.1, -0.05) is 36.8 Å². The number of fused-ring (bicyclic) bond motifs is 2. The minimum absolute atomic E-state index is 0.177. The number of aliphatic hydroxyl groups is 1. The number of amides is 1. The molecule has 3 aromatic rings. The third-order valence-corrected chi connectivity index (χ3v) is 8.03. The van der Waals surface area contributed by atoms with E-state index in [-0.39, 0.29) is 5.91 Å². The van der Waals surface area contributed by atoms with Crippen LogP contribution in [0, 0.1) is 19.8 Å². The van der Waals surface area contributed by atoms with Gasteiger partial charge in [0.25, 0.3) is 5.91 Å². The van der Waals surface area contributed by atoms with Gasteiger partial charge in [-0.2, -0.15) is 0 Å². The van der Waals surface area contributed by atoms with Crippen LogP contribution in [0.5, 0.6) is 5.75 Å². The minimum atomic E-state index is -0.430. The summed E-state index contributed by atoms with van der Waals surface area (Å²) in [6, 6.07) is 16.6. The van der Waals surface area contributed by atoms with Crippen LogP contribution in [-0.2, 0) is 13.0 Å². The third-order valence-electron chi connectivity index (χ3n) is 8.03. The Hall–Kier alpha value is -2.89. The first-order valence-corrected chi connectivity index (χ1v) is 13.3. The Morgan fingerprint density at radius 2 is 1.92 bits per heavy atom. The number of aryl methyl sites for hydroxylation is 2. The van der Waals surface area contributed by atoms with E-state index >= 15 is 0 Å². The normalized spacial score (nSPS) is 19.4. The van der Waals surface area contributed by atoms with Crippen molar-refractivity contribution in [3.63, 3.8) is 0 Å². The molecule has 2 heterocycles. The molecule has 0 spiro atoms. The average molecular weight is 487 g/mol. The van der Waals surface area contributed by atoms with E-state index in [2.05, 4.69) is 55.1 Å². The zero-order chi connectivity index (χ0) is 25.2. The maximum Gasteiger partial charge on any atom is 0.254 e. The van der Waals surface area contributed by atoms with Crippen molar-refractivity contribution in [2.45, 2.75) is 52.2 Å². The molecule has 2 unspecified atom stereocenters. The number of β-amino-alcohol motifs (C(OH)–C–C–N with tert-alkyl or cyclic N) is 1. The van der Waals surface area contributed by atoms with Crippen molar-refractivity contribution in [2.24, 2.45) is 5.92 Å². The minimum Gasteiger partial charge on any atom is -0.497 e. The molecular weight excluding hydrogens is 448 g/mol. The molecule has 3 aromatic carbocycles. The van der Waals surface area contributed by atoms with E-state index in [0.29, 0.717) is 18.9 Å². The summed E-state index contributed by atoms with van der Waals surface area (Å²) in [5.41, 5.74) is 5.65. The van der Waals surface area contributed by atoms with Gasteiger partial charge >= 0.3 is 0 Å². The molecule has 36 heavy (non-hydrogen) atoms. The van der Waals surface area contributed by atoms with Gasteiger partial charge in [0, 0.05) is 38.2 Å². The molecule has 1 saturated heterocycles. The highest BCUT2D eigenvalue weighted by atomic mass is 16.5. The first-order chi connectivity index (χ1) is 17.4. The van der Waals surface area contributed by atoms with Crippen LogP contribution in [0.3, 0.4) is 0 Å². The molecular formula is C31H38N2O3. The number of benzene rings is 3. The third kappa shape index (κ3) is 5.28. The molecule has 5 rings (SSSR count). The molecule has 1 amide bonds. The summed E-state index contributed by atoms with van der Waals surface area (Å²) in [7, 11) is 1.68. The molecule has 2 atom stereocenters. The molecule has 0 saturated carbocycles. The molecule has 5 nitrogen and oxygen atoms in total. The highest BCUT2D eigenvalue weighted by Gasteiger charge is 2.31. The van der Waals surface area contributed by atoms with Crippen LogP contribution in [0.1, 0.15) is 51.9 Å². The lowest BCUT2D eigenvalue weighted by molar-refractivity contribution is 0.0711. The summed E-state index contributed by atoms with van der Waals surface area (Å²) in [6.45, 7) is 8.32. The van der Waals surface area contributed by atoms with Gasteiger partial charge in [-0.25, -0.2) is 0 Å². The van der Waals surface area contributed by atoms with Crippen LogP contribution >= 0.6 is 0 Å². The predicted molar refractivity (Wildman–Crippen MR) is 145 cm³/mol. The lowest BCUT2D eigenvalue weighted by Gasteiger charge is -2.29. The highest BCUT2D eigenvalue weighted by molar-refractivity contribution is 5.98. The molecule has 0 bridgehead atoms. The molecule has 5 heteroatoms. The fourth-order valence-corrected chi connectivity index (χ4v) is 5.99. The standard InChI is InChI=1S/C31H38N2O3/c1-21-13-26-19-33(31(35)30(26)14-22(21)2)18-23-7-4-5-12-32(17-23)20-27(34)15-24-8-6-9-25-16-28(36-3)10-11-29(24)25/h6,8-11,13-14,16,23,27,34H,4-5,7,12,15,17-20H2,1-3H3. The zero-order valence-corrected chi connectivity index (χ0v) is 21.8. The summed E-state index contributed by atoms with van der Waals surface area (Å²) < 4.78 is 5.37. The Balaban J connectivity index is 1.21. The fourth-order valence-electron chi connectivity index (χ4n) is 5.99. The zero-order valence-electron chi connectivity index (χ0n) is 21.8. The molecule has 2 aliphatic rings. The Morgan fingerprint density at radius 1 is 1.08 bits per heavy atom. The van der Waals surface area contributed by atoms with Gasteiger partial charge in [-0.05, 0) is 90.4 Å². The Morgan fingerprint density at radius 3 is 2.75 bits per heavy atom. The first kappa shape index (κ1) is 24.8. The smallest absolute Gasteiger partial charge is 0.254 e. The van der Waals surface area contributed by atoms with E-state index in [1.54, 1.807) is 7.11 Å². The van der Waals surface area contributed by atoms with Crippen LogP contribution in [0.25, 0.3) is 10.8 Å². The number of nitrogens with zero attached hydrogens (tertiary/aromatic N) is 2. The van der Waals surface area contributed by atoms with E-state index in [0.717, 1.165) is 61.3 Å². The van der Waals surface area contributed by atoms with Crippen molar-refractivity contribution in [1.29, 1.82) is 0 Å². The predicted octanol–water partition coefficient (Wildman–Crippen LogP) is 5.13. The molecule has 0 aliphatic carbocycles. The summed E-state index contributed by atoms with van der Waals surface area (Å²) >= 11 is 0. The summed E-state index contributed by atoms with van der Waals surface area (Å²) in [5, 5.41) is 13.4. The summed E-state index contributed by atoms with van der Waals surface area (Å²) in [4.78, 5) is 17.5. The van der Waals surface area contributed by atoms with E-state index in [9.17, 15) is 9.90 Å². The number of carbonyl (C=O) groups is 1. The maximum absolute atomic E-state index is 13.1. The molecule has 0 radical (unpaired) electrons. The first-order valence-electron chi connectivity index (χ1n) is 13.3. The highest BCUT2D eigenvalue weighted by Crippen LogP contribution is 2.29. The van der Waals surface area contributed by atoms with E-state index in [4.69, 9.17) is 4.74 Å². The average Bonchev–Trinajstić information content (AvgIpc) is 3.01. The molecule has 1 N–H and O–H groups in total. The van der Waals surface area contributed by atoms with E-state index < -0.39 is 6.10 Å². The van der Waals surface area contributed by atoms with Gasteiger partial charge in [-0.15, -0.1) is 0 Å². The van der Waals surface area contributed by atoms with Gasteiger partial charge in [0.1, 0.15) is 5.75 Å². The quantitative estimate of drug-likeness (QED) is 0.503. The Bertz CT molecular complexity index is 1250. The number of methoxy groups -OCH3 is 1. The van der Waals surface area contributed by atoms with Crippen LogP contribution in [-0.4, -0.2) is 60.2 Å². The lowest BCUT2D eigenvalue weighted by Crippen LogP contribution is -2.39. The van der Waals surface area contributed by atoms with Gasteiger partial charge in [0.15, 0.2) is 0 Å². The second kappa shape index (κ2) is 10.6. The lowest BCUT2D eigenvalue weighted by atomic mass is 9.99. The largest absolute Gasteiger partial charge is 0.497 e. The van der Waals surface area contributed by atoms with Crippen molar-refractivity contribution in [3.8, 4) is 5.75 Å². The van der Waals surface area contributed by atoms with Crippen molar-refractivity contribution in [2.75, 3.05) is 33.3 Å². The topological polar surface area (TPSA) is 53.0 Å². The molecule has 2 aliphatic heterocycles. The van der Waals surface area contributed by atoms with Crippen LogP contribution in [0.2, 0.25) is 0 Å². The van der Waals surface area contributed by atoms with Crippen LogP contribution < -0.4 is 4.74 Å². The number of aliphatic hydroxyl groups excluding tert-OH is 1. The van der Waals surface area contributed by atoms with Crippen molar-refractivity contribution >= 4 is 16.7 Å². The number of ether oxygens (including phenoxy) is 1. The van der Waals surface area contributed by atoms with Crippen LogP contribution in [0.4, 0.5) is 0 Å². The number of carbonyl (C=O) groups excluding carboxylic acids is 1. The number of rotatable bonds is 7. The van der Waals surface area contributed by atoms with Crippen molar-refractivity contribution in [1.82, 2.24) is 9.80 Å². The van der Waals surface area contributed by atoms with Gasteiger partial charge < -0.3 is 19.6 Å². The fraction of sp³-hybridized carbons (Fsp3) is 0.452. The Labute approximate surface area is 214 Å². The second-order valence-electron chi connectivity index (χ2n) is 10.8. The van der Waals surface area contributed by atoms with E-state index in [1.165, 1.54) is 28.5 Å². The van der Waals surface area contributed by atoms with E-state index in [1.807, 2.05) is 17.0 Å². The second-order valence-corrected chi connectivity index (χ2v) is 10.8. The van der Waals surface area contributed by atoms with Gasteiger partial charge in [0.2, 0.25) is 0 Å². The van der Waals surface area contributed by atoms with Crippen LogP contribution in [0.15, 0.2) is 48.5 Å². The Kier molecular flexibility index (Phi) is 7.31. The van der Waals surface area contributed by atoms with Crippen molar-refractivity contribution in [3.05, 3.63) is 76.3 Å². The molecule has 190 valence electrons. The summed E-state index contributed by atoms with van der Waals surface area (Å²) in [5.74, 6) is 1.46. The monoisotopic (exact) mass is 486 g/mol. The number of likely N-dealkylation sites (tertiary alicyclic amines) is 1. The SMILES string of the molecule is COc1ccc2c(CC(O)CN3CCCCC(CN4Cc5cc(C)c(C)cc5C4=O)C3)cccc2c1. The van der Waals surface area contributed by atoms with Crippen molar-refractivity contribution < 1.29 is 14.6 Å². The van der Waals surface area contributed by atoms with Gasteiger partial charge in [-0.3, -0.25) is 4.79 Å². The molecule has 0 aromatic heterocycles. The van der Waals surface area contributed by atoms with Gasteiger partial charge in [0.05, 0.1) is 13.2 Å². The summed E-state index contributed by atoms with van der Waals surface area (Å²) in [6.07, 6.45) is 3.65. The number of hydrogen-bond acceptors (Lipinski definition) is 4. The number of hydrogen-bond donors (Lipinski definition) is 1. The molecule has 1 fully saturated rings.